The molecule has 1 aromatic carbocycles. The van der Waals surface area contributed by atoms with Crippen molar-refractivity contribution < 1.29 is 31.2 Å². The summed E-state index contributed by atoms with van der Waals surface area (Å²) in [4.78, 5) is 16.9. The largest absolute Gasteiger partial charge is 0.464 e. The van der Waals surface area contributed by atoms with Crippen LogP contribution in [0.2, 0.25) is 0 Å². The lowest BCUT2D eigenvalue weighted by molar-refractivity contribution is -0.137. The lowest BCUT2D eigenvalue weighted by atomic mass is 9.95. The average Bonchev–Trinajstić information content (AvgIpc) is 3.48. The van der Waals surface area contributed by atoms with Crippen molar-refractivity contribution in [2.75, 3.05) is 5.32 Å². The van der Waals surface area contributed by atoms with E-state index < -0.39 is 35.2 Å². The number of hydrogen-bond acceptors (Lipinski definition) is 4. The zero-order valence-corrected chi connectivity index (χ0v) is 19.4. The number of aryl methyl sites for hydroxylation is 1. The first-order valence-electron chi connectivity index (χ1n) is 10.8. The number of benzene rings is 1. The number of nitrogens with zero attached hydrogens (tertiary/aromatic N) is 3. The molecule has 1 atom stereocenters. The molecule has 1 unspecified atom stereocenters. The van der Waals surface area contributed by atoms with E-state index in [4.69, 9.17) is 4.42 Å². The summed E-state index contributed by atoms with van der Waals surface area (Å²) in [5.74, 6) is -3.47. The van der Waals surface area contributed by atoms with Crippen molar-refractivity contribution in [1.29, 1.82) is 0 Å². The van der Waals surface area contributed by atoms with Crippen molar-refractivity contribution in [2.24, 2.45) is 0 Å². The molecule has 0 aliphatic carbocycles. The number of nitrogens with one attached hydrogen (secondary N) is 1. The van der Waals surface area contributed by atoms with Gasteiger partial charge in [-0.25, -0.2) is 8.78 Å². The van der Waals surface area contributed by atoms with E-state index in [1.54, 1.807) is 31.3 Å². The van der Waals surface area contributed by atoms with Crippen molar-refractivity contribution in [3.05, 3.63) is 89.2 Å². The minimum atomic E-state index is -4.76. The fourth-order valence-corrected chi connectivity index (χ4v) is 3.76. The number of halogens is 5. The van der Waals surface area contributed by atoms with Crippen molar-refractivity contribution >= 4 is 11.6 Å². The zero-order valence-electron chi connectivity index (χ0n) is 19.4. The number of amides is 1. The predicted octanol–water partition coefficient (Wildman–Crippen LogP) is 6.84. The highest BCUT2D eigenvalue weighted by molar-refractivity contribution is 6.04. The Morgan fingerprint density at radius 3 is 2.50 bits per heavy atom. The first kappa shape index (κ1) is 25.1. The Morgan fingerprint density at radius 1 is 1.11 bits per heavy atom. The summed E-state index contributed by atoms with van der Waals surface area (Å²) in [5.41, 5.74) is -0.377. The molecule has 1 N–H and O–H groups in total. The molecule has 4 rings (SSSR count). The molecule has 3 heterocycles. The highest BCUT2D eigenvalue weighted by Gasteiger charge is 2.36. The maximum Gasteiger partial charge on any atom is 0.416 e. The second-order valence-electron chi connectivity index (χ2n) is 8.37. The third-order valence-electron chi connectivity index (χ3n) is 5.67. The van der Waals surface area contributed by atoms with Gasteiger partial charge in [-0.05, 0) is 49.7 Å². The van der Waals surface area contributed by atoms with Gasteiger partial charge >= 0.3 is 6.18 Å². The van der Waals surface area contributed by atoms with Gasteiger partial charge in [0.2, 0.25) is 0 Å². The Labute approximate surface area is 202 Å². The molecule has 0 aliphatic rings. The topological polar surface area (TPSA) is 73.0 Å². The fraction of sp³-hybridized carbons (Fsp3) is 0.240. The normalized spacial score (nSPS) is 13.0. The minimum Gasteiger partial charge on any atom is -0.464 e. The van der Waals surface area contributed by atoms with Gasteiger partial charge in [-0.2, -0.15) is 18.3 Å². The quantitative estimate of drug-likeness (QED) is 0.292. The molecule has 0 fully saturated rings. The van der Waals surface area contributed by atoms with Crippen LogP contribution in [0.25, 0.3) is 11.3 Å². The summed E-state index contributed by atoms with van der Waals surface area (Å²) in [6.07, 6.45) is 1.10. The lowest BCUT2D eigenvalue weighted by Crippen LogP contribution is -2.18. The Balaban J connectivity index is 1.61. The van der Waals surface area contributed by atoms with Gasteiger partial charge in [-0.3, -0.25) is 14.5 Å². The SMILES string of the molecule is Cc1nn(C(C)c2ccc(C(F)(F)F)cc2C(C)(F)F)cc1NC(=O)c1cncc(-c2ccco2)c1. The summed E-state index contributed by atoms with van der Waals surface area (Å²) < 4.78 is 74.6. The number of carbonyl (C=O) groups is 1. The molecule has 11 heteroatoms. The number of alkyl halides is 5. The van der Waals surface area contributed by atoms with Gasteiger partial charge in [0.25, 0.3) is 11.8 Å². The molecular weight excluding hydrogens is 483 g/mol. The van der Waals surface area contributed by atoms with Gasteiger partial charge in [-0.1, -0.05) is 6.07 Å². The van der Waals surface area contributed by atoms with Crippen LogP contribution >= 0.6 is 0 Å². The van der Waals surface area contributed by atoms with E-state index in [-0.39, 0.29) is 11.1 Å². The van der Waals surface area contributed by atoms with Gasteiger partial charge in [0.1, 0.15) is 5.76 Å². The summed E-state index contributed by atoms with van der Waals surface area (Å²) in [5, 5.41) is 7.00. The fourth-order valence-electron chi connectivity index (χ4n) is 3.76. The highest BCUT2D eigenvalue weighted by atomic mass is 19.4. The Morgan fingerprint density at radius 2 is 1.86 bits per heavy atom. The number of rotatable bonds is 6. The summed E-state index contributed by atoms with van der Waals surface area (Å²) in [6, 6.07) is 6.44. The molecular formula is C25H21F5N4O2. The Bertz CT molecular complexity index is 1390. The maximum atomic E-state index is 14.3. The Hall–Kier alpha value is -4.02. The summed E-state index contributed by atoms with van der Waals surface area (Å²) in [7, 11) is 0. The molecule has 188 valence electrons. The monoisotopic (exact) mass is 504 g/mol. The first-order valence-corrected chi connectivity index (χ1v) is 10.8. The molecule has 0 saturated heterocycles. The molecule has 0 aliphatic heterocycles. The second kappa shape index (κ2) is 9.21. The van der Waals surface area contributed by atoms with Crippen LogP contribution in [-0.4, -0.2) is 20.7 Å². The van der Waals surface area contributed by atoms with Gasteiger partial charge in [0, 0.05) is 36.6 Å². The maximum absolute atomic E-state index is 14.3. The van der Waals surface area contributed by atoms with E-state index in [0.717, 1.165) is 12.1 Å². The van der Waals surface area contributed by atoms with Crippen LogP contribution in [0, 0.1) is 6.92 Å². The van der Waals surface area contributed by atoms with Crippen molar-refractivity contribution in [3.8, 4) is 11.3 Å². The average molecular weight is 504 g/mol. The van der Waals surface area contributed by atoms with Gasteiger partial charge < -0.3 is 9.73 Å². The smallest absolute Gasteiger partial charge is 0.416 e. The third kappa shape index (κ3) is 5.14. The molecule has 0 radical (unpaired) electrons. The van der Waals surface area contributed by atoms with E-state index in [0.29, 0.717) is 35.7 Å². The van der Waals surface area contributed by atoms with Crippen LogP contribution in [0.15, 0.2) is 65.7 Å². The molecule has 0 spiro atoms. The number of anilines is 1. The minimum absolute atomic E-state index is 0.0220. The van der Waals surface area contributed by atoms with Crippen LogP contribution in [-0.2, 0) is 12.1 Å². The number of furan rings is 1. The molecule has 4 aromatic rings. The molecule has 6 nitrogen and oxygen atoms in total. The molecule has 1 amide bonds. The van der Waals surface area contributed by atoms with Crippen molar-refractivity contribution in [3.63, 3.8) is 0 Å². The van der Waals surface area contributed by atoms with Gasteiger partial charge in [0.05, 0.1) is 34.8 Å². The number of carbonyl (C=O) groups excluding carboxylic acids is 1. The summed E-state index contributed by atoms with van der Waals surface area (Å²) in [6.45, 7) is 3.69. The highest BCUT2D eigenvalue weighted by Crippen LogP contribution is 2.39. The van der Waals surface area contributed by atoms with Gasteiger partial charge in [0.15, 0.2) is 0 Å². The molecule has 3 aromatic heterocycles. The van der Waals surface area contributed by atoms with Crippen molar-refractivity contribution in [1.82, 2.24) is 14.8 Å². The lowest BCUT2D eigenvalue weighted by Gasteiger charge is -2.22. The second-order valence-corrected chi connectivity index (χ2v) is 8.37. The molecule has 36 heavy (non-hydrogen) atoms. The number of hydrogen-bond donors (Lipinski definition) is 1. The standard InChI is InChI=1S/C25H21F5N4O2/c1-14-21(32-23(35)17-9-16(11-31-12-17)22-5-4-8-36-22)13-34(33-14)15(2)19-7-6-18(25(28,29)30)10-20(19)24(3,26)27/h4-13,15H,1-3H3,(H,32,35). The first-order chi connectivity index (χ1) is 16.8. The van der Waals surface area contributed by atoms with Crippen LogP contribution in [0.4, 0.5) is 27.6 Å². The zero-order chi connectivity index (χ0) is 26.3. The van der Waals surface area contributed by atoms with E-state index in [1.165, 1.54) is 30.3 Å². The number of aromatic nitrogens is 3. The van der Waals surface area contributed by atoms with Gasteiger partial charge in [-0.15, -0.1) is 0 Å². The molecule has 0 saturated carbocycles. The summed E-state index contributed by atoms with van der Waals surface area (Å²) >= 11 is 0. The van der Waals surface area contributed by atoms with Crippen LogP contribution in [0.5, 0.6) is 0 Å². The van der Waals surface area contributed by atoms with Crippen LogP contribution < -0.4 is 5.32 Å². The molecule has 0 bridgehead atoms. The van der Waals surface area contributed by atoms with Crippen LogP contribution in [0.1, 0.15) is 52.6 Å². The van der Waals surface area contributed by atoms with E-state index in [1.807, 2.05) is 0 Å². The van der Waals surface area contributed by atoms with E-state index >= 15 is 0 Å². The number of pyridine rings is 1. The van der Waals surface area contributed by atoms with E-state index in [2.05, 4.69) is 15.4 Å². The van der Waals surface area contributed by atoms with E-state index in [9.17, 15) is 26.7 Å². The Kier molecular flexibility index (Phi) is 6.42. The van der Waals surface area contributed by atoms with Crippen molar-refractivity contribution in [2.45, 2.75) is 38.9 Å². The predicted molar refractivity (Wildman–Crippen MR) is 122 cm³/mol. The third-order valence-corrected chi connectivity index (χ3v) is 5.67. The van der Waals surface area contributed by atoms with Crippen LogP contribution in [0.3, 0.4) is 0 Å².